The van der Waals surface area contributed by atoms with Crippen LogP contribution in [0.15, 0.2) is 165 Å². The number of anilines is 2. The average molecular weight is 765 g/mol. The van der Waals surface area contributed by atoms with Crippen molar-refractivity contribution in [3.05, 3.63) is 194 Å². The average Bonchev–Trinajstić information content (AvgIpc) is 3.71. The van der Waals surface area contributed by atoms with Crippen LogP contribution in [0.3, 0.4) is 0 Å². The van der Waals surface area contributed by atoms with Crippen molar-refractivity contribution in [2.75, 3.05) is 4.90 Å². The first-order chi connectivity index (χ1) is 25.4. The minimum absolute atomic E-state index is 0. The van der Waals surface area contributed by atoms with Crippen molar-refractivity contribution in [2.24, 2.45) is 0 Å². The van der Waals surface area contributed by atoms with Gasteiger partial charge in [0, 0.05) is 21.1 Å². The van der Waals surface area contributed by atoms with Crippen molar-refractivity contribution in [3.63, 3.8) is 0 Å². The molecule has 4 rings (SSSR count). The first-order valence-electron chi connectivity index (χ1n) is 18.0. The third-order valence-electron chi connectivity index (χ3n) is 7.54. The van der Waals surface area contributed by atoms with Gasteiger partial charge >= 0.3 is 51.4 Å². The fraction of sp³-hybridized carbons (Fsp3) is 0.204. The van der Waals surface area contributed by atoms with Crippen LogP contribution in [0.25, 0.3) is 26.5 Å². The van der Waals surface area contributed by atoms with Crippen LogP contribution in [0.4, 0.5) is 11.4 Å². The Bertz CT molecular complexity index is 1780. The molecule has 0 atom stereocenters. The first-order valence-corrected chi connectivity index (χ1v) is 19.3. The fourth-order valence-corrected chi connectivity index (χ4v) is 6.16. The van der Waals surface area contributed by atoms with Gasteiger partial charge in [0.25, 0.3) is 0 Å². The van der Waals surface area contributed by atoms with Crippen LogP contribution in [0, 0.1) is 13.0 Å². The Hall–Kier alpha value is -3.06. The molecule has 1 nitrogen and oxygen atoms in total. The zero-order valence-corrected chi connectivity index (χ0v) is 38.5. The van der Waals surface area contributed by atoms with Crippen LogP contribution in [0.2, 0.25) is 0 Å². The minimum atomic E-state index is 0. The number of thiol groups is 1. The van der Waals surface area contributed by atoms with Gasteiger partial charge in [0.15, 0.2) is 0 Å². The number of allylic oxidation sites excluding steroid dienone is 12. The third-order valence-corrected chi connectivity index (χ3v) is 9.25. The number of hydrogen-bond acceptors (Lipinski definition) is 3. The summed E-state index contributed by atoms with van der Waals surface area (Å²) in [6, 6.07) is 32.1. The summed E-state index contributed by atoms with van der Waals surface area (Å²) in [6.45, 7) is 26.2. The second kappa shape index (κ2) is 30.3. The van der Waals surface area contributed by atoms with Crippen molar-refractivity contribution < 1.29 is 51.4 Å². The van der Waals surface area contributed by atoms with Crippen molar-refractivity contribution in [3.8, 4) is 10.4 Å². The van der Waals surface area contributed by atoms with Gasteiger partial charge in [0.2, 0.25) is 0 Å². The maximum absolute atomic E-state index is 4.22. The second-order valence-electron chi connectivity index (χ2n) is 11.0. The second-order valence-corrected chi connectivity index (χ2v) is 12.6. The Morgan fingerprint density at radius 2 is 1.42 bits per heavy atom. The van der Waals surface area contributed by atoms with Gasteiger partial charge in [-0.15, -0.1) is 36.3 Å². The SMILES string of the molecule is C=C.CC.C[C-]=C/C=C(\C=C/C)N(c1ccc(C(/C=C\C)=C/C)cc1)c1ccc(-c2ccc(/C(C)=C/CCC)s2)cc1.[CH2-]/C=C(\S)c1ccccc1.[K+]. The predicted molar refractivity (Wildman–Crippen MR) is 243 cm³/mol. The Labute approximate surface area is 375 Å². The predicted octanol–water partition coefficient (Wildman–Crippen LogP) is 13.2. The Morgan fingerprint density at radius 1 is 0.830 bits per heavy atom. The zero-order valence-electron chi connectivity index (χ0n) is 33.7. The van der Waals surface area contributed by atoms with Crippen LogP contribution in [0.5, 0.6) is 0 Å². The summed E-state index contributed by atoms with van der Waals surface area (Å²) < 4.78 is 0. The molecular formula is C49H59KNS2-. The van der Waals surface area contributed by atoms with Crippen LogP contribution in [0.1, 0.15) is 84.2 Å². The molecular weight excluding hydrogens is 706 g/mol. The van der Waals surface area contributed by atoms with Crippen LogP contribution >= 0.6 is 24.0 Å². The molecule has 0 aliphatic carbocycles. The largest absolute Gasteiger partial charge is 1.00 e. The van der Waals surface area contributed by atoms with Crippen molar-refractivity contribution in [1.29, 1.82) is 0 Å². The molecule has 0 amide bonds. The van der Waals surface area contributed by atoms with E-state index in [9.17, 15) is 0 Å². The summed E-state index contributed by atoms with van der Waals surface area (Å²) in [5.41, 5.74) is 9.46. The Morgan fingerprint density at radius 3 is 1.92 bits per heavy atom. The Balaban J connectivity index is 0.00000153. The molecule has 0 aliphatic rings. The van der Waals surface area contributed by atoms with Gasteiger partial charge in [-0.1, -0.05) is 124 Å². The molecule has 0 radical (unpaired) electrons. The molecule has 4 aromatic rings. The topological polar surface area (TPSA) is 3.24 Å². The van der Waals surface area contributed by atoms with E-state index in [4.69, 9.17) is 0 Å². The number of unbranched alkanes of at least 4 members (excludes halogenated alkanes) is 1. The molecule has 0 fully saturated rings. The van der Waals surface area contributed by atoms with Gasteiger partial charge in [0.1, 0.15) is 0 Å². The van der Waals surface area contributed by atoms with Gasteiger partial charge in [-0.2, -0.15) is 6.08 Å². The molecule has 1 heterocycles. The molecule has 0 saturated heterocycles. The van der Waals surface area contributed by atoms with Crippen LogP contribution in [-0.2, 0) is 0 Å². The summed E-state index contributed by atoms with van der Waals surface area (Å²) >= 11 is 6.08. The molecule has 0 N–H and O–H groups in total. The summed E-state index contributed by atoms with van der Waals surface area (Å²) in [7, 11) is 0. The number of thiophene rings is 1. The first kappa shape index (κ1) is 49.9. The maximum Gasteiger partial charge on any atom is 1.00 e. The van der Waals surface area contributed by atoms with E-state index in [1.807, 2.05) is 68.5 Å². The van der Waals surface area contributed by atoms with Gasteiger partial charge in [-0.3, -0.25) is 6.08 Å². The van der Waals surface area contributed by atoms with Crippen molar-refractivity contribution in [1.82, 2.24) is 0 Å². The smallest absolute Gasteiger partial charge is 0.328 e. The molecule has 274 valence electrons. The molecule has 3 aromatic carbocycles. The molecule has 0 saturated carbocycles. The molecule has 0 bridgehead atoms. The summed E-state index contributed by atoms with van der Waals surface area (Å²) in [4.78, 5) is 5.85. The molecule has 1 aromatic heterocycles. The van der Waals surface area contributed by atoms with E-state index < -0.39 is 0 Å². The van der Waals surface area contributed by atoms with E-state index in [-0.39, 0.29) is 51.4 Å². The van der Waals surface area contributed by atoms with Gasteiger partial charge in [-0.25, -0.2) is 31.7 Å². The summed E-state index contributed by atoms with van der Waals surface area (Å²) in [5, 5.41) is 0. The molecule has 0 unspecified atom stereocenters. The number of benzene rings is 3. The van der Waals surface area contributed by atoms with E-state index in [0.29, 0.717) is 0 Å². The maximum atomic E-state index is 4.22. The normalized spacial score (nSPS) is 11.9. The van der Waals surface area contributed by atoms with E-state index in [1.54, 1.807) is 6.08 Å². The number of rotatable bonds is 12. The molecule has 0 spiro atoms. The molecule has 53 heavy (non-hydrogen) atoms. The van der Waals surface area contributed by atoms with Gasteiger partial charge in [0.05, 0.1) is 0 Å². The zero-order chi connectivity index (χ0) is 38.7. The standard InChI is InChI=1S/C36H40NS.C9H9S.C2H6.C2H4.K/c1-7-12-16-28(6)35-26-27-36(38-35)31-20-24-34(25-21-31)37(32(15-10-4)17-13-8-2)33-22-18-30(19-23-33)29(11-5)14-9-3;1-2-9(10)8-6-4-3-5-7-8;2*1-2;/h9-11,13-27H,7,12H2,1-6H3;2-7,10H,1H2;1-2H3;1-2H2;/q2*-1;;;+1/b14-9-,15-10-,28-16+,29-11+,32-17+;9-2-;;;. The minimum Gasteiger partial charge on any atom is -0.328 e. The van der Waals surface area contributed by atoms with Gasteiger partial charge < -0.3 is 4.90 Å². The molecule has 4 heteroatoms. The quantitative estimate of drug-likeness (QED) is 0.0494. The van der Waals surface area contributed by atoms with E-state index in [1.165, 1.54) is 38.4 Å². The third kappa shape index (κ3) is 16.9. The summed E-state index contributed by atoms with van der Waals surface area (Å²) in [5.74, 6) is 0. The van der Waals surface area contributed by atoms with E-state index in [2.05, 4.69) is 182 Å². The number of nitrogens with zero attached hydrogens (tertiary/aromatic N) is 1. The van der Waals surface area contributed by atoms with Crippen molar-refractivity contribution >= 4 is 51.4 Å². The van der Waals surface area contributed by atoms with Gasteiger partial charge in [-0.05, 0) is 98.5 Å². The Kier molecular flexibility index (Phi) is 28.5. The monoisotopic (exact) mass is 764 g/mol. The van der Waals surface area contributed by atoms with Crippen molar-refractivity contribution in [2.45, 2.75) is 68.2 Å². The fourth-order valence-electron chi connectivity index (χ4n) is 5.00. The molecule has 0 aliphatic heterocycles. The van der Waals surface area contributed by atoms with E-state index >= 15 is 0 Å². The summed E-state index contributed by atoms with van der Waals surface area (Å²) in [6.07, 6.45) is 24.2. The van der Waals surface area contributed by atoms with E-state index in [0.717, 1.165) is 34.0 Å². The van der Waals surface area contributed by atoms with Crippen LogP contribution in [-0.4, -0.2) is 0 Å². The van der Waals surface area contributed by atoms with Crippen LogP contribution < -0.4 is 56.3 Å². The number of hydrogen-bond donors (Lipinski definition) is 1.